The third-order valence-electron chi connectivity index (χ3n) is 7.20. The number of carbonyl (C=O) groups excluding carboxylic acids is 2. The van der Waals surface area contributed by atoms with Gasteiger partial charge in [-0.05, 0) is 11.1 Å². The third kappa shape index (κ3) is 5.65. The predicted molar refractivity (Wildman–Crippen MR) is 186 cm³/mol. The summed E-state index contributed by atoms with van der Waals surface area (Å²) in [4.78, 5) is 44.2. The Balaban J connectivity index is 1.44. The Hall–Kier alpha value is -6.27. The molecule has 0 bridgehead atoms. The number of fused-ring (bicyclic) bond motifs is 7. The fraction of sp³-hybridized carbons (Fsp3) is 0.0882. The summed E-state index contributed by atoms with van der Waals surface area (Å²) in [6, 6.07) is 24.9. The minimum absolute atomic E-state index is 0.113. The highest BCUT2D eigenvalue weighted by molar-refractivity contribution is 7.34. The van der Waals surface area contributed by atoms with E-state index in [9.17, 15) is 30.6 Å². The Bertz CT molecular complexity index is 2480. The fourth-order valence-corrected chi connectivity index (χ4v) is 9.83. The standard InChI is InChI=1S/C34H15N7O5S4/c35-12-20(13-36)11-22-40-29-26(47-22)23-25(48-29)27-24(28-30(49-27)41-33(50-28)39-21(14-37)15-38)46-34(23,31(42)44-16-18-7-3-1-4-8-18)32(43)45-17-19-9-5-2-6-10-19/h1-11H,16-17H2. The van der Waals surface area contributed by atoms with Crippen LogP contribution in [0.5, 0.6) is 5.75 Å². The lowest BCUT2D eigenvalue weighted by Gasteiger charge is -2.33. The summed E-state index contributed by atoms with van der Waals surface area (Å²) in [5, 5.41) is 37.6. The van der Waals surface area contributed by atoms with Crippen LogP contribution in [-0.2, 0) is 37.9 Å². The minimum Gasteiger partial charge on any atom is -0.457 e. The average Bonchev–Trinajstić information content (AvgIpc) is 3.90. The van der Waals surface area contributed by atoms with Gasteiger partial charge in [-0.15, -0.1) is 34.0 Å². The molecule has 50 heavy (non-hydrogen) atoms. The lowest BCUT2D eigenvalue weighted by molar-refractivity contribution is -0.183. The Morgan fingerprint density at radius 1 is 0.760 bits per heavy atom. The lowest BCUT2D eigenvalue weighted by Crippen LogP contribution is -2.52. The summed E-state index contributed by atoms with van der Waals surface area (Å²) in [6.45, 7) is -0.361. The van der Waals surface area contributed by atoms with Gasteiger partial charge in [0.15, 0.2) is 5.75 Å². The normalized spacial score (nSPS) is 12.2. The molecule has 6 aromatic rings. The topological polar surface area (TPSA) is 195 Å². The predicted octanol–water partition coefficient (Wildman–Crippen LogP) is 7.32. The molecule has 0 radical (unpaired) electrons. The number of benzene rings is 2. The van der Waals surface area contributed by atoms with Crippen molar-refractivity contribution in [2.75, 3.05) is 0 Å². The highest BCUT2D eigenvalue weighted by Crippen LogP contribution is 2.60. The van der Waals surface area contributed by atoms with Crippen LogP contribution in [0.2, 0.25) is 0 Å². The quantitative estimate of drug-likeness (QED) is 0.0659. The van der Waals surface area contributed by atoms with Crippen LogP contribution in [0, 0.1) is 45.3 Å². The van der Waals surface area contributed by atoms with Crippen molar-refractivity contribution in [2.24, 2.45) is 4.99 Å². The van der Waals surface area contributed by atoms with Crippen molar-refractivity contribution >= 4 is 93.3 Å². The maximum absolute atomic E-state index is 14.6. The SMILES string of the molecule is N#CC(C#N)=Cc1nc2sc3c(c2s1)C(C(=O)OCc1ccccc1)(C(=O)OCc1ccccc1)Oc1c-3sc2nc(N=C(C#N)C#N)sc12. The maximum atomic E-state index is 14.6. The van der Waals surface area contributed by atoms with E-state index in [4.69, 9.17) is 14.2 Å². The van der Waals surface area contributed by atoms with Gasteiger partial charge in [-0.25, -0.2) is 19.6 Å². The van der Waals surface area contributed by atoms with Gasteiger partial charge in [-0.1, -0.05) is 72.0 Å². The summed E-state index contributed by atoms with van der Waals surface area (Å²) in [6.07, 6.45) is 1.33. The van der Waals surface area contributed by atoms with Crippen molar-refractivity contribution in [3.63, 3.8) is 0 Å². The Kier molecular flexibility index (Phi) is 8.60. The number of nitrogens with zero attached hydrogens (tertiary/aromatic N) is 7. The minimum atomic E-state index is -2.49. The summed E-state index contributed by atoms with van der Waals surface area (Å²) in [5.41, 5.74) is -1.56. The van der Waals surface area contributed by atoms with Gasteiger partial charge in [-0.2, -0.15) is 26.0 Å². The van der Waals surface area contributed by atoms with Gasteiger partial charge >= 0.3 is 17.5 Å². The van der Waals surface area contributed by atoms with Gasteiger partial charge in [0, 0.05) is 6.08 Å². The first-order valence-electron chi connectivity index (χ1n) is 14.3. The molecule has 2 aromatic carbocycles. The second-order valence-electron chi connectivity index (χ2n) is 10.3. The Labute approximate surface area is 298 Å². The molecule has 16 heteroatoms. The van der Waals surface area contributed by atoms with Crippen molar-refractivity contribution in [1.82, 2.24) is 9.97 Å². The fourth-order valence-electron chi connectivity index (χ4n) is 4.99. The molecule has 12 nitrogen and oxygen atoms in total. The molecule has 0 atom stereocenters. The number of hydrogen-bond acceptors (Lipinski definition) is 16. The molecule has 4 aromatic heterocycles. The zero-order valence-electron chi connectivity index (χ0n) is 25.1. The number of thiazole rings is 2. The third-order valence-corrected chi connectivity index (χ3v) is 11.7. The van der Waals surface area contributed by atoms with Gasteiger partial charge in [0.05, 0.1) is 20.0 Å². The van der Waals surface area contributed by atoms with Crippen LogP contribution in [0.15, 0.2) is 71.2 Å². The maximum Gasteiger partial charge on any atom is 0.367 e. The van der Waals surface area contributed by atoms with Gasteiger partial charge in [0.25, 0.3) is 0 Å². The zero-order valence-corrected chi connectivity index (χ0v) is 28.3. The van der Waals surface area contributed by atoms with E-state index >= 15 is 0 Å². The van der Waals surface area contributed by atoms with E-state index in [1.165, 1.54) is 28.7 Å². The molecule has 0 amide bonds. The second kappa shape index (κ2) is 13.3. The average molecular weight is 730 g/mol. The van der Waals surface area contributed by atoms with Gasteiger partial charge < -0.3 is 14.2 Å². The van der Waals surface area contributed by atoms with Crippen molar-refractivity contribution in [3.8, 4) is 39.8 Å². The summed E-state index contributed by atoms with van der Waals surface area (Å²) in [7, 11) is 0. The molecule has 5 heterocycles. The summed E-state index contributed by atoms with van der Waals surface area (Å²) < 4.78 is 19.1. The molecule has 0 saturated carbocycles. The number of aliphatic imine (C=N–C) groups is 1. The smallest absolute Gasteiger partial charge is 0.367 e. The molecule has 240 valence electrons. The number of aromatic nitrogens is 2. The van der Waals surface area contributed by atoms with E-state index in [0.29, 0.717) is 44.9 Å². The van der Waals surface area contributed by atoms with E-state index in [0.717, 1.165) is 22.7 Å². The van der Waals surface area contributed by atoms with Crippen molar-refractivity contribution < 1.29 is 23.8 Å². The van der Waals surface area contributed by atoms with Crippen molar-refractivity contribution in [3.05, 3.63) is 87.9 Å². The molecule has 0 unspecified atom stereocenters. The number of hydrogen-bond donors (Lipinski definition) is 0. The van der Waals surface area contributed by atoms with Crippen LogP contribution >= 0.6 is 45.3 Å². The van der Waals surface area contributed by atoms with E-state index in [1.807, 2.05) is 24.3 Å². The molecule has 7 rings (SSSR count). The number of carbonyl (C=O) groups is 2. The largest absolute Gasteiger partial charge is 0.457 e. The first-order valence-corrected chi connectivity index (χ1v) is 17.5. The summed E-state index contributed by atoms with van der Waals surface area (Å²) >= 11 is 4.51. The van der Waals surface area contributed by atoms with Crippen LogP contribution in [-0.4, -0.2) is 27.6 Å². The van der Waals surface area contributed by atoms with Crippen LogP contribution in [0.3, 0.4) is 0 Å². The highest BCUT2D eigenvalue weighted by atomic mass is 32.1. The van der Waals surface area contributed by atoms with E-state index in [-0.39, 0.29) is 35.2 Å². The molecule has 0 aliphatic carbocycles. The first-order chi connectivity index (χ1) is 24.4. The van der Waals surface area contributed by atoms with Gasteiger partial charge in [0.1, 0.15) is 62.4 Å². The van der Waals surface area contributed by atoms with E-state index in [2.05, 4.69) is 15.0 Å². The molecular weight excluding hydrogens is 715 g/mol. The molecule has 1 aliphatic rings. The number of nitriles is 4. The Morgan fingerprint density at radius 3 is 1.92 bits per heavy atom. The monoisotopic (exact) mass is 729 g/mol. The molecule has 0 fully saturated rings. The van der Waals surface area contributed by atoms with E-state index in [1.54, 1.807) is 60.7 Å². The van der Waals surface area contributed by atoms with Crippen molar-refractivity contribution in [1.29, 1.82) is 21.0 Å². The van der Waals surface area contributed by atoms with Crippen molar-refractivity contribution in [2.45, 2.75) is 18.8 Å². The van der Waals surface area contributed by atoms with Crippen LogP contribution in [0.4, 0.5) is 5.13 Å². The number of rotatable bonds is 8. The molecule has 0 N–H and O–H groups in total. The Morgan fingerprint density at radius 2 is 1.34 bits per heavy atom. The number of allylic oxidation sites excluding steroid dienone is 1. The zero-order chi connectivity index (χ0) is 34.8. The lowest BCUT2D eigenvalue weighted by atomic mass is 9.91. The highest BCUT2D eigenvalue weighted by Gasteiger charge is 2.60. The molecule has 0 saturated heterocycles. The summed E-state index contributed by atoms with van der Waals surface area (Å²) in [5.74, 6) is -1.92. The number of ether oxygens (including phenoxy) is 3. The van der Waals surface area contributed by atoms with E-state index < -0.39 is 23.3 Å². The van der Waals surface area contributed by atoms with Gasteiger partial charge in [0.2, 0.25) is 10.8 Å². The number of esters is 2. The van der Waals surface area contributed by atoms with Crippen LogP contribution in [0.1, 0.15) is 21.7 Å². The second-order valence-corrected chi connectivity index (χ2v) is 14.3. The molecule has 0 spiro atoms. The van der Waals surface area contributed by atoms with Crippen LogP contribution in [0.25, 0.3) is 34.9 Å². The first kappa shape index (κ1) is 32.3. The number of thiophene rings is 2. The van der Waals surface area contributed by atoms with Crippen LogP contribution < -0.4 is 4.74 Å². The molecule has 1 aliphatic heterocycles. The molecular formula is C34H15N7O5S4. The van der Waals surface area contributed by atoms with Gasteiger partial charge in [-0.3, -0.25) is 0 Å².